The summed E-state index contributed by atoms with van der Waals surface area (Å²) in [5.41, 5.74) is 2.37. The molecular weight excluding hydrogens is 443 g/mol. The molecule has 2 atom stereocenters. The summed E-state index contributed by atoms with van der Waals surface area (Å²) in [5, 5.41) is 10.9. The van der Waals surface area contributed by atoms with Crippen LogP contribution in [0.4, 0.5) is 0 Å². The van der Waals surface area contributed by atoms with E-state index in [0.717, 1.165) is 11.1 Å². The molecule has 31 heavy (non-hydrogen) atoms. The molecule has 1 aromatic heterocycles. The number of carbonyl (C=O) groups is 1. The normalized spacial score (nSPS) is 19.0. The summed E-state index contributed by atoms with van der Waals surface area (Å²) in [6.45, 7) is 1.77. The molecule has 1 saturated heterocycles. The Balaban J connectivity index is 1.44. The maximum Gasteiger partial charge on any atom is 0.439 e. The summed E-state index contributed by atoms with van der Waals surface area (Å²) in [6.07, 6.45) is -0.152. The third-order valence-corrected chi connectivity index (χ3v) is 5.70. The predicted octanol–water partition coefficient (Wildman–Crippen LogP) is 2.73. The minimum atomic E-state index is -0.616. The van der Waals surface area contributed by atoms with Crippen LogP contribution in [0.3, 0.4) is 0 Å². The molecule has 162 valence electrons. The van der Waals surface area contributed by atoms with Crippen LogP contribution < -0.4 is 16.4 Å². The highest BCUT2D eigenvalue weighted by molar-refractivity contribution is 6.42. The van der Waals surface area contributed by atoms with E-state index in [-0.39, 0.29) is 24.5 Å². The van der Waals surface area contributed by atoms with Gasteiger partial charge >= 0.3 is 5.76 Å². The van der Waals surface area contributed by atoms with Crippen LogP contribution in [0.15, 0.2) is 51.8 Å². The summed E-state index contributed by atoms with van der Waals surface area (Å²) in [4.78, 5) is 26.3. The van der Waals surface area contributed by atoms with E-state index >= 15 is 0 Å². The van der Waals surface area contributed by atoms with Gasteiger partial charge in [0.25, 0.3) is 0 Å². The maximum absolute atomic E-state index is 12.7. The van der Waals surface area contributed by atoms with Crippen LogP contribution in [0.5, 0.6) is 0 Å². The van der Waals surface area contributed by atoms with Crippen LogP contribution in [-0.4, -0.2) is 41.8 Å². The summed E-state index contributed by atoms with van der Waals surface area (Å²) in [5.74, 6) is -0.411. The Morgan fingerprint density at radius 3 is 2.68 bits per heavy atom. The van der Waals surface area contributed by atoms with Crippen LogP contribution >= 0.6 is 23.2 Å². The molecule has 2 heterocycles. The number of nitrogens with zero attached hydrogens (tertiary/aromatic N) is 1. The Bertz CT molecular complexity index is 1110. The standard InChI is InChI=1S/C21H20Cl2N4O4/c22-15-6-5-14(10-16(15)23)19-17(11-24-7-8-30-19)25-18(28)9-12-1-3-13(4-2-12)20-26-21(29)31-27-20/h1-6,10,17,19,24H,7-9,11H2,(H,25,28)(H,26,27,29)/t17-,19+/m1/s1. The molecule has 8 nitrogen and oxygen atoms in total. The Labute approximate surface area is 187 Å². The highest BCUT2D eigenvalue weighted by Gasteiger charge is 2.28. The molecule has 1 aliphatic rings. The van der Waals surface area contributed by atoms with Gasteiger partial charge in [-0.05, 0) is 23.3 Å². The SMILES string of the molecule is O=C(Cc1ccc(-c2noc(=O)[nH]2)cc1)N[C@@H]1CNCCO[C@H]1c1ccc(Cl)c(Cl)c1. The number of H-pyrrole nitrogens is 1. The lowest BCUT2D eigenvalue weighted by Gasteiger charge is -2.26. The van der Waals surface area contributed by atoms with Gasteiger partial charge in [0.1, 0.15) is 6.10 Å². The van der Waals surface area contributed by atoms with E-state index in [1.165, 1.54) is 0 Å². The molecule has 1 fully saturated rings. The first-order valence-corrected chi connectivity index (χ1v) is 10.5. The van der Waals surface area contributed by atoms with Crippen LogP contribution in [0, 0.1) is 0 Å². The van der Waals surface area contributed by atoms with Gasteiger partial charge in [-0.3, -0.25) is 14.3 Å². The van der Waals surface area contributed by atoms with E-state index in [1.54, 1.807) is 36.4 Å². The predicted molar refractivity (Wildman–Crippen MR) is 116 cm³/mol. The average molecular weight is 463 g/mol. The van der Waals surface area contributed by atoms with Gasteiger partial charge in [-0.1, -0.05) is 58.7 Å². The lowest BCUT2D eigenvalue weighted by Crippen LogP contribution is -2.45. The largest absolute Gasteiger partial charge is 0.439 e. The van der Waals surface area contributed by atoms with Crippen molar-refractivity contribution < 1.29 is 14.1 Å². The van der Waals surface area contributed by atoms with Gasteiger partial charge in [0.2, 0.25) is 5.91 Å². The van der Waals surface area contributed by atoms with Crippen molar-refractivity contribution in [3.8, 4) is 11.4 Å². The zero-order valence-electron chi connectivity index (χ0n) is 16.4. The van der Waals surface area contributed by atoms with Crippen molar-refractivity contribution in [2.24, 2.45) is 0 Å². The van der Waals surface area contributed by atoms with Crippen molar-refractivity contribution in [2.45, 2.75) is 18.6 Å². The highest BCUT2D eigenvalue weighted by atomic mass is 35.5. The molecule has 0 aliphatic carbocycles. The van der Waals surface area contributed by atoms with E-state index < -0.39 is 5.76 Å². The number of nitrogens with one attached hydrogen (secondary N) is 3. The number of rotatable bonds is 5. The van der Waals surface area contributed by atoms with Gasteiger partial charge in [-0.25, -0.2) is 4.79 Å². The quantitative estimate of drug-likeness (QED) is 0.537. The third kappa shape index (κ3) is 5.34. The van der Waals surface area contributed by atoms with Gasteiger partial charge in [0, 0.05) is 18.7 Å². The minimum Gasteiger partial charge on any atom is -0.370 e. The first-order chi connectivity index (χ1) is 15.0. The fraction of sp³-hybridized carbons (Fsp3) is 0.286. The Morgan fingerprint density at radius 2 is 1.97 bits per heavy atom. The molecule has 2 aromatic carbocycles. The molecule has 0 unspecified atom stereocenters. The summed E-state index contributed by atoms with van der Waals surface area (Å²) in [6, 6.07) is 12.2. The Hall–Kier alpha value is -2.65. The number of hydrogen-bond acceptors (Lipinski definition) is 6. The second-order valence-electron chi connectivity index (χ2n) is 7.16. The molecule has 10 heteroatoms. The zero-order chi connectivity index (χ0) is 21.8. The summed E-state index contributed by atoms with van der Waals surface area (Å²) in [7, 11) is 0. The first kappa shape index (κ1) is 21.6. The molecule has 0 bridgehead atoms. The molecule has 4 rings (SSSR count). The summed E-state index contributed by atoms with van der Waals surface area (Å²) < 4.78 is 10.5. The molecule has 1 amide bonds. The van der Waals surface area contributed by atoms with Crippen molar-refractivity contribution in [2.75, 3.05) is 19.7 Å². The molecule has 3 aromatic rings. The van der Waals surface area contributed by atoms with E-state index in [2.05, 4.69) is 25.3 Å². The number of amides is 1. The number of aromatic nitrogens is 2. The molecule has 1 aliphatic heterocycles. The minimum absolute atomic E-state index is 0.134. The van der Waals surface area contributed by atoms with E-state index in [1.807, 2.05) is 6.07 Å². The van der Waals surface area contributed by atoms with Gasteiger partial charge < -0.3 is 15.4 Å². The topological polar surface area (TPSA) is 109 Å². The van der Waals surface area contributed by atoms with Gasteiger partial charge in [-0.2, -0.15) is 0 Å². The second-order valence-corrected chi connectivity index (χ2v) is 7.97. The van der Waals surface area contributed by atoms with Crippen LogP contribution in [0.25, 0.3) is 11.4 Å². The van der Waals surface area contributed by atoms with Crippen LogP contribution in [0.2, 0.25) is 10.0 Å². The number of aromatic amines is 1. The smallest absolute Gasteiger partial charge is 0.370 e. The number of halogens is 2. The van der Waals surface area contributed by atoms with Crippen molar-refractivity contribution in [1.82, 2.24) is 20.8 Å². The van der Waals surface area contributed by atoms with E-state index in [4.69, 9.17) is 27.9 Å². The van der Waals surface area contributed by atoms with Crippen LogP contribution in [0.1, 0.15) is 17.2 Å². The lowest BCUT2D eigenvalue weighted by molar-refractivity contribution is -0.122. The number of hydrogen-bond donors (Lipinski definition) is 3. The van der Waals surface area contributed by atoms with Gasteiger partial charge in [-0.15, -0.1) is 0 Å². The first-order valence-electron chi connectivity index (χ1n) is 9.71. The number of carbonyl (C=O) groups excluding carboxylic acids is 1. The van der Waals surface area contributed by atoms with Crippen molar-refractivity contribution in [3.05, 3.63) is 74.2 Å². The summed E-state index contributed by atoms with van der Waals surface area (Å²) >= 11 is 12.2. The molecule has 3 N–H and O–H groups in total. The molecule has 0 radical (unpaired) electrons. The monoisotopic (exact) mass is 462 g/mol. The van der Waals surface area contributed by atoms with Crippen molar-refractivity contribution >= 4 is 29.1 Å². The molecular formula is C21H20Cl2N4O4. The van der Waals surface area contributed by atoms with Crippen molar-refractivity contribution in [1.29, 1.82) is 0 Å². The Morgan fingerprint density at radius 1 is 1.16 bits per heavy atom. The fourth-order valence-electron chi connectivity index (χ4n) is 3.46. The Kier molecular flexibility index (Phi) is 6.72. The highest BCUT2D eigenvalue weighted by Crippen LogP contribution is 2.29. The third-order valence-electron chi connectivity index (χ3n) is 4.96. The van der Waals surface area contributed by atoms with Crippen LogP contribution in [-0.2, 0) is 16.0 Å². The van der Waals surface area contributed by atoms with Gasteiger partial charge in [0.05, 0.1) is 29.1 Å². The number of ether oxygens (including phenoxy) is 1. The zero-order valence-corrected chi connectivity index (χ0v) is 17.9. The lowest BCUT2D eigenvalue weighted by atomic mass is 10.0. The van der Waals surface area contributed by atoms with E-state index in [0.29, 0.717) is 41.1 Å². The van der Waals surface area contributed by atoms with E-state index in [9.17, 15) is 9.59 Å². The van der Waals surface area contributed by atoms with Crippen molar-refractivity contribution in [3.63, 3.8) is 0 Å². The maximum atomic E-state index is 12.7. The second kappa shape index (κ2) is 9.65. The molecule has 0 saturated carbocycles. The number of benzene rings is 2. The fourth-order valence-corrected chi connectivity index (χ4v) is 3.77. The van der Waals surface area contributed by atoms with Gasteiger partial charge in [0.15, 0.2) is 5.82 Å². The average Bonchev–Trinajstić information content (AvgIpc) is 3.06. The molecule has 0 spiro atoms.